The molecule has 0 radical (unpaired) electrons. The molecule has 12 heteroatoms. The monoisotopic (exact) mass is 318 g/mol. The number of rotatable bonds is 1. The fourth-order valence-corrected chi connectivity index (χ4v) is 0.538. The molecule has 0 aromatic rings. The van der Waals surface area contributed by atoms with Crippen LogP contribution in [0.1, 0.15) is 13.3 Å². The van der Waals surface area contributed by atoms with Gasteiger partial charge in [-0.05, 0) is 6.92 Å². The van der Waals surface area contributed by atoms with Crippen LogP contribution in [0.4, 0.5) is 52.7 Å². The normalized spacial score (nSPS) is 14.2. The molecular formula is C7H6F12. The topological polar surface area (TPSA) is 0 Å². The van der Waals surface area contributed by atoms with Crippen LogP contribution < -0.4 is 0 Å². The van der Waals surface area contributed by atoms with E-state index in [0.29, 0.717) is 0 Å². The predicted octanol–water partition coefficient (Wildman–Crippen LogP) is 5.04. The summed E-state index contributed by atoms with van der Waals surface area (Å²) < 4.78 is 132. The molecule has 0 aliphatic carbocycles. The lowest BCUT2D eigenvalue weighted by Crippen LogP contribution is -2.38. The second-order valence-electron chi connectivity index (χ2n) is 3.31. The fraction of sp³-hybridized carbons (Fsp3) is 1.00. The first-order chi connectivity index (χ1) is 7.86. The van der Waals surface area contributed by atoms with E-state index in [1.807, 2.05) is 0 Å². The zero-order valence-corrected chi connectivity index (χ0v) is 8.82. The molecule has 0 N–H and O–H groups in total. The summed E-state index contributed by atoms with van der Waals surface area (Å²) >= 11 is 0. The summed E-state index contributed by atoms with van der Waals surface area (Å²) in [5, 5.41) is 0. The molecule has 0 aromatic heterocycles. The third-order valence-corrected chi connectivity index (χ3v) is 1.09. The summed E-state index contributed by atoms with van der Waals surface area (Å²) in [6.07, 6.45) is -23.2. The first-order valence-corrected chi connectivity index (χ1v) is 4.08. The van der Waals surface area contributed by atoms with Crippen LogP contribution in [0.25, 0.3) is 0 Å². The van der Waals surface area contributed by atoms with Gasteiger partial charge in [-0.25, -0.2) is 13.2 Å². The van der Waals surface area contributed by atoms with Gasteiger partial charge in [-0.15, -0.1) is 0 Å². The van der Waals surface area contributed by atoms with Gasteiger partial charge < -0.3 is 0 Å². The maximum Gasteiger partial charge on any atom is 0.428 e. The van der Waals surface area contributed by atoms with Crippen LogP contribution in [0.3, 0.4) is 0 Å². The molecule has 0 saturated carbocycles. The lowest BCUT2D eigenvalue weighted by atomic mass is 10.3. The highest BCUT2D eigenvalue weighted by Crippen LogP contribution is 2.35. The molecule has 118 valence electrons. The highest BCUT2D eigenvalue weighted by molar-refractivity contribution is 4.73. The Balaban J connectivity index is 0. The second-order valence-corrected chi connectivity index (χ2v) is 3.31. The Labute approximate surface area is 97.9 Å². The maximum atomic E-state index is 11.5. The first-order valence-electron chi connectivity index (χ1n) is 4.08. The molecule has 0 aliphatic rings. The summed E-state index contributed by atoms with van der Waals surface area (Å²) in [7, 11) is 0. The predicted molar refractivity (Wildman–Crippen MR) is 38.3 cm³/mol. The molecule has 19 heavy (non-hydrogen) atoms. The summed E-state index contributed by atoms with van der Waals surface area (Å²) in [6.45, 7) is 0.237. The Hall–Kier alpha value is -0.840. The maximum absolute atomic E-state index is 11.5. The fourth-order valence-electron chi connectivity index (χ4n) is 0.538. The van der Waals surface area contributed by atoms with Crippen molar-refractivity contribution in [3.05, 3.63) is 0 Å². The van der Waals surface area contributed by atoms with Gasteiger partial charge in [0.1, 0.15) is 6.42 Å². The molecule has 0 atom stereocenters. The quantitative estimate of drug-likeness (QED) is 0.594. The van der Waals surface area contributed by atoms with Gasteiger partial charge >= 0.3 is 18.5 Å². The molecule has 0 fully saturated rings. The third kappa shape index (κ3) is 13.4. The molecule has 0 unspecified atom stereocenters. The number of halogens is 12. The van der Waals surface area contributed by atoms with Gasteiger partial charge in [0.15, 0.2) is 0 Å². The van der Waals surface area contributed by atoms with E-state index >= 15 is 0 Å². The molecule has 0 rings (SSSR count). The molecular weight excluding hydrogens is 312 g/mol. The van der Waals surface area contributed by atoms with E-state index in [1.54, 1.807) is 0 Å². The lowest BCUT2D eigenvalue weighted by Gasteiger charge is -2.14. The molecule has 0 aliphatic heterocycles. The van der Waals surface area contributed by atoms with E-state index < -0.39 is 37.0 Å². The van der Waals surface area contributed by atoms with Crippen molar-refractivity contribution >= 4 is 0 Å². The second kappa shape index (κ2) is 6.07. The summed E-state index contributed by atoms with van der Waals surface area (Å²) in [5.41, 5.74) is 0. The van der Waals surface area contributed by atoms with Gasteiger partial charge in [0.05, 0.1) is 0 Å². The Morgan fingerprint density at radius 3 is 0.947 bits per heavy atom. The lowest BCUT2D eigenvalue weighted by molar-refractivity contribution is -0.285. The van der Waals surface area contributed by atoms with Gasteiger partial charge in [-0.1, -0.05) is 0 Å². The summed E-state index contributed by atoms with van der Waals surface area (Å²) in [5.74, 6) is -3.64. The highest BCUT2D eigenvalue weighted by Gasteiger charge is 2.57. The summed E-state index contributed by atoms with van der Waals surface area (Å²) in [6, 6.07) is 0. The van der Waals surface area contributed by atoms with E-state index in [2.05, 4.69) is 0 Å². The van der Waals surface area contributed by atoms with Crippen molar-refractivity contribution in [3.63, 3.8) is 0 Å². The van der Waals surface area contributed by atoms with Crippen LogP contribution in [0, 0.1) is 0 Å². The van der Waals surface area contributed by atoms with Crippen LogP contribution in [-0.2, 0) is 0 Å². The van der Waals surface area contributed by atoms with E-state index in [-0.39, 0.29) is 6.92 Å². The average molecular weight is 318 g/mol. The highest BCUT2D eigenvalue weighted by atomic mass is 19.4. The largest absolute Gasteiger partial charge is 0.428 e. The minimum Gasteiger partial charge on any atom is -0.227 e. The van der Waals surface area contributed by atoms with Crippen molar-refractivity contribution in [2.75, 3.05) is 0 Å². The van der Waals surface area contributed by atoms with Crippen molar-refractivity contribution in [2.45, 2.75) is 44.0 Å². The standard InChI is InChI=1S/C4H5F5.C3HF7/c1-3(5,6)2-4(7,8)9;4-1(2(5,6)7)3(8,9)10/h2H2,1H3;1H. The van der Waals surface area contributed by atoms with Crippen molar-refractivity contribution in [1.82, 2.24) is 0 Å². The smallest absolute Gasteiger partial charge is 0.227 e. The first kappa shape index (κ1) is 20.5. The average Bonchev–Trinajstić information content (AvgIpc) is 1.92. The van der Waals surface area contributed by atoms with Crippen LogP contribution in [0.15, 0.2) is 0 Å². The van der Waals surface area contributed by atoms with Gasteiger partial charge in [0, 0.05) is 0 Å². The van der Waals surface area contributed by atoms with Crippen molar-refractivity contribution in [1.29, 1.82) is 0 Å². The number of hydrogen-bond donors (Lipinski definition) is 0. The molecule has 0 aromatic carbocycles. The van der Waals surface area contributed by atoms with E-state index in [0.717, 1.165) is 0 Å². The van der Waals surface area contributed by atoms with E-state index in [4.69, 9.17) is 0 Å². The van der Waals surface area contributed by atoms with Crippen molar-refractivity contribution in [2.24, 2.45) is 0 Å². The molecule has 0 nitrogen and oxygen atoms in total. The molecule has 0 saturated heterocycles. The van der Waals surface area contributed by atoms with E-state index in [1.165, 1.54) is 0 Å². The van der Waals surface area contributed by atoms with Crippen LogP contribution in [0.5, 0.6) is 0 Å². The van der Waals surface area contributed by atoms with Gasteiger partial charge in [0.25, 0.3) is 12.1 Å². The molecule has 0 spiro atoms. The SMILES string of the molecule is CC(F)(F)CC(F)(F)F.FC(C(F)(F)F)C(F)(F)F. The molecule has 0 bridgehead atoms. The zero-order chi connectivity index (χ0) is 16.3. The summed E-state index contributed by atoms with van der Waals surface area (Å²) in [4.78, 5) is 0. The Bertz CT molecular complexity index is 223. The van der Waals surface area contributed by atoms with Gasteiger partial charge in [-0.3, -0.25) is 0 Å². The number of alkyl halides is 12. The van der Waals surface area contributed by atoms with Gasteiger partial charge in [-0.2, -0.15) is 39.5 Å². The Morgan fingerprint density at radius 1 is 0.684 bits per heavy atom. The third-order valence-electron chi connectivity index (χ3n) is 1.09. The molecule has 0 heterocycles. The van der Waals surface area contributed by atoms with Crippen LogP contribution >= 0.6 is 0 Å². The zero-order valence-electron chi connectivity index (χ0n) is 8.82. The van der Waals surface area contributed by atoms with E-state index in [9.17, 15) is 52.7 Å². The van der Waals surface area contributed by atoms with Crippen molar-refractivity contribution in [3.8, 4) is 0 Å². The minimum absolute atomic E-state index is 0.237. The Kier molecular flexibility index (Phi) is 6.55. The number of hydrogen-bond acceptors (Lipinski definition) is 0. The molecule has 0 amide bonds. The minimum atomic E-state index is -5.85. The van der Waals surface area contributed by atoms with Crippen molar-refractivity contribution < 1.29 is 52.7 Å². The van der Waals surface area contributed by atoms with Crippen LogP contribution in [-0.4, -0.2) is 30.6 Å². The Morgan fingerprint density at radius 2 is 0.947 bits per heavy atom. The van der Waals surface area contributed by atoms with Crippen LogP contribution in [0.2, 0.25) is 0 Å². The van der Waals surface area contributed by atoms with Gasteiger partial charge in [0.2, 0.25) is 0 Å².